The molecule has 2 heterocycles. The first-order valence-electron chi connectivity index (χ1n) is 6.15. The Morgan fingerprint density at radius 3 is 2.82 bits per heavy atom. The summed E-state index contributed by atoms with van der Waals surface area (Å²) < 4.78 is 8.96. The number of hydrogen-bond donors (Lipinski definition) is 0. The van der Waals surface area contributed by atoms with Crippen molar-refractivity contribution in [3.05, 3.63) is 15.9 Å². The van der Waals surface area contributed by atoms with Crippen molar-refractivity contribution in [2.24, 2.45) is 0 Å². The SMILES string of the molecule is CCN1CCOC(Cn2nc(C)c(Br)c2C)C1. The quantitative estimate of drug-likeness (QED) is 0.855. The van der Waals surface area contributed by atoms with Crippen molar-refractivity contribution in [2.75, 3.05) is 26.2 Å². The Morgan fingerprint density at radius 1 is 1.47 bits per heavy atom. The molecule has 1 aliphatic heterocycles. The van der Waals surface area contributed by atoms with E-state index in [0.29, 0.717) is 0 Å². The number of halogens is 1. The van der Waals surface area contributed by atoms with Crippen LogP contribution in [0.4, 0.5) is 0 Å². The first-order valence-corrected chi connectivity index (χ1v) is 6.94. The summed E-state index contributed by atoms with van der Waals surface area (Å²) in [6.45, 7) is 11.1. The maximum atomic E-state index is 5.80. The van der Waals surface area contributed by atoms with E-state index >= 15 is 0 Å². The summed E-state index contributed by atoms with van der Waals surface area (Å²) in [7, 11) is 0. The molecule has 1 atom stereocenters. The summed E-state index contributed by atoms with van der Waals surface area (Å²) in [6.07, 6.45) is 0.258. The van der Waals surface area contributed by atoms with Crippen LogP contribution in [0.1, 0.15) is 18.3 Å². The second kappa shape index (κ2) is 5.50. The van der Waals surface area contributed by atoms with Gasteiger partial charge in [-0.05, 0) is 36.3 Å². The lowest BCUT2D eigenvalue weighted by atomic mass is 10.2. The number of aromatic nitrogens is 2. The van der Waals surface area contributed by atoms with Gasteiger partial charge >= 0.3 is 0 Å². The molecule has 1 saturated heterocycles. The normalized spacial score (nSPS) is 22.0. The molecule has 0 radical (unpaired) electrons. The van der Waals surface area contributed by atoms with Gasteiger partial charge in [0.25, 0.3) is 0 Å². The molecule has 0 aliphatic carbocycles. The molecule has 17 heavy (non-hydrogen) atoms. The van der Waals surface area contributed by atoms with Crippen LogP contribution >= 0.6 is 15.9 Å². The Bertz CT molecular complexity index is 391. The van der Waals surface area contributed by atoms with Gasteiger partial charge in [-0.15, -0.1) is 0 Å². The largest absolute Gasteiger partial charge is 0.374 e. The van der Waals surface area contributed by atoms with Crippen LogP contribution in [0.3, 0.4) is 0 Å². The lowest BCUT2D eigenvalue weighted by molar-refractivity contribution is -0.0360. The fourth-order valence-electron chi connectivity index (χ4n) is 2.22. The van der Waals surface area contributed by atoms with Crippen molar-refractivity contribution >= 4 is 15.9 Å². The zero-order valence-corrected chi connectivity index (χ0v) is 12.3. The first-order chi connectivity index (χ1) is 8.11. The molecule has 0 N–H and O–H groups in total. The third-order valence-electron chi connectivity index (χ3n) is 3.34. The van der Waals surface area contributed by atoms with Crippen molar-refractivity contribution in [3.8, 4) is 0 Å². The molecule has 96 valence electrons. The van der Waals surface area contributed by atoms with Gasteiger partial charge in [-0.3, -0.25) is 9.58 Å². The smallest absolute Gasteiger partial charge is 0.0898 e. The van der Waals surface area contributed by atoms with E-state index in [0.717, 1.165) is 43.0 Å². The molecular weight excluding hydrogens is 282 g/mol. The van der Waals surface area contributed by atoms with E-state index in [-0.39, 0.29) is 6.10 Å². The van der Waals surface area contributed by atoms with Crippen LogP contribution in [0, 0.1) is 13.8 Å². The highest BCUT2D eigenvalue weighted by Crippen LogP contribution is 2.20. The van der Waals surface area contributed by atoms with Gasteiger partial charge in [-0.25, -0.2) is 0 Å². The fourth-order valence-corrected chi connectivity index (χ4v) is 2.51. The number of ether oxygens (including phenoxy) is 1. The number of rotatable bonds is 3. The Balaban J connectivity index is 2.02. The van der Waals surface area contributed by atoms with Crippen molar-refractivity contribution in [1.29, 1.82) is 0 Å². The molecule has 0 bridgehead atoms. The number of hydrogen-bond acceptors (Lipinski definition) is 3. The Hall–Kier alpha value is -0.390. The zero-order valence-electron chi connectivity index (χ0n) is 10.7. The van der Waals surface area contributed by atoms with E-state index in [2.05, 4.69) is 39.8 Å². The van der Waals surface area contributed by atoms with Gasteiger partial charge in [0.15, 0.2) is 0 Å². The minimum atomic E-state index is 0.258. The second-order valence-corrected chi connectivity index (χ2v) is 5.35. The Labute approximate surface area is 111 Å². The van der Waals surface area contributed by atoms with Gasteiger partial charge in [0.2, 0.25) is 0 Å². The van der Waals surface area contributed by atoms with Crippen LogP contribution in [0.25, 0.3) is 0 Å². The summed E-state index contributed by atoms with van der Waals surface area (Å²) in [5.41, 5.74) is 2.23. The maximum Gasteiger partial charge on any atom is 0.0898 e. The number of morpholine rings is 1. The lowest BCUT2D eigenvalue weighted by Gasteiger charge is -2.32. The molecular formula is C12H20BrN3O. The predicted molar refractivity (Wildman–Crippen MR) is 71.3 cm³/mol. The lowest BCUT2D eigenvalue weighted by Crippen LogP contribution is -2.44. The maximum absolute atomic E-state index is 5.80. The second-order valence-electron chi connectivity index (χ2n) is 4.55. The van der Waals surface area contributed by atoms with Crippen LogP contribution in [-0.4, -0.2) is 47.0 Å². The zero-order chi connectivity index (χ0) is 12.4. The summed E-state index contributed by atoms with van der Waals surface area (Å²) >= 11 is 3.56. The van der Waals surface area contributed by atoms with Crippen LogP contribution < -0.4 is 0 Å². The third-order valence-corrected chi connectivity index (χ3v) is 4.49. The molecule has 0 saturated carbocycles. The molecule has 1 aliphatic rings. The highest BCUT2D eigenvalue weighted by molar-refractivity contribution is 9.10. The van der Waals surface area contributed by atoms with Gasteiger partial charge in [-0.1, -0.05) is 6.92 Å². The summed E-state index contributed by atoms with van der Waals surface area (Å²) in [5, 5.41) is 4.53. The topological polar surface area (TPSA) is 30.3 Å². The first kappa shape index (κ1) is 13.1. The minimum absolute atomic E-state index is 0.258. The fraction of sp³-hybridized carbons (Fsp3) is 0.750. The Morgan fingerprint density at radius 2 is 2.24 bits per heavy atom. The van der Waals surface area contributed by atoms with Crippen LogP contribution in [0.5, 0.6) is 0 Å². The molecule has 4 nitrogen and oxygen atoms in total. The van der Waals surface area contributed by atoms with Gasteiger partial charge in [0.1, 0.15) is 0 Å². The average Bonchev–Trinajstić information content (AvgIpc) is 2.57. The molecule has 2 rings (SSSR count). The molecule has 0 aromatic carbocycles. The Kier molecular flexibility index (Phi) is 4.22. The molecule has 0 amide bonds. The molecule has 1 fully saturated rings. The van der Waals surface area contributed by atoms with E-state index in [4.69, 9.17) is 4.74 Å². The number of likely N-dealkylation sites (N-methyl/N-ethyl adjacent to an activating group) is 1. The van der Waals surface area contributed by atoms with Crippen molar-refractivity contribution in [2.45, 2.75) is 33.4 Å². The molecule has 1 unspecified atom stereocenters. The monoisotopic (exact) mass is 301 g/mol. The highest BCUT2D eigenvalue weighted by atomic mass is 79.9. The number of nitrogens with zero attached hydrogens (tertiary/aromatic N) is 3. The summed E-state index contributed by atoms with van der Waals surface area (Å²) in [5.74, 6) is 0. The van der Waals surface area contributed by atoms with Crippen molar-refractivity contribution in [3.63, 3.8) is 0 Å². The molecule has 5 heteroatoms. The van der Waals surface area contributed by atoms with Crippen molar-refractivity contribution < 1.29 is 4.74 Å². The molecule has 0 spiro atoms. The number of aryl methyl sites for hydroxylation is 1. The van der Waals surface area contributed by atoms with E-state index in [9.17, 15) is 0 Å². The van der Waals surface area contributed by atoms with Crippen LogP contribution in [0.15, 0.2) is 4.47 Å². The highest BCUT2D eigenvalue weighted by Gasteiger charge is 2.21. The van der Waals surface area contributed by atoms with Gasteiger partial charge in [0.05, 0.1) is 29.4 Å². The molecule has 1 aromatic heterocycles. The minimum Gasteiger partial charge on any atom is -0.374 e. The van der Waals surface area contributed by atoms with Crippen LogP contribution in [0.2, 0.25) is 0 Å². The van der Waals surface area contributed by atoms with E-state index in [1.54, 1.807) is 0 Å². The van der Waals surface area contributed by atoms with E-state index in [1.807, 2.05) is 11.6 Å². The molecule has 1 aromatic rings. The van der Waals surface area contributed by atoms with Gasteiger partial charge in [0, 0.05) is 18.8 Å². The predicted octanol–water partition coefficient (Wildman–Crippen LogP) is 1.98. The van der Waals surface area contributed by atoms with Crippen LogP contribution in [-0.2, 0) is 11.3 Å². The van der Waals surface area contributed by atoms with E-state index in [1.165, 1.54) is 5.69 Å². The third kappa shape index (κ3) is 2.89. The van der Waals surface area contributed by atoms with E-state index < -0.39 is 0 Å². The van der Waals surface area contributed by atoms with Crippen molar-refractivity contribution in [1.82, 2.24) is 14.7 Å². The average molecular weight is 302 g/mol. The standard InChI is InChI=1S/C12H20BrN3O/c1-4-15-5-6-17-11(7-15)8-16-10(3)12(13)9(2)14-16/h11H,4-8H2,1-3H3. The summed E-state index contributed by atoms with van der Waals surface area (Å²) in [4.78, 5) is 2.43. The van der Waals surface area contributed by atoms with Gasteiger partial charge in [-0.2, -0.15) is 5.10 Å². The van der Waals surface area contributed by atoms with Gasteiger partial charge < -0.3 is 4.74 Å². The summed E-state index contributed by atoms with van der Waals surface area (Å²) in [6, 6.07) is 0.